The van der Waals surface area contributed by atoms with Crippen molar-refractivity contribution in [2.45, 2.75) is 63.6 Å². The van der Waals surface area contributed by atoms with Crippen molar-refractivity contribution in [3.05, 3.63) is 68.5 Å². The third-order valence-electron chi connectivity index (χ3n) is 5.36. The standard InChI is InChI=1S/C22H30N2O6/c1-2-3-4-8-11-29-20(15-9-6-5-7-10-15)16-13-24(22(28)23-21(16)27)19-12-17(26)18(14-25)30-19/h5-7,9-10,13,17-20,25-26H,2-4,8,11-12,14H2,1H3,(H,23,27,28)/t17?,18-,19-,20?/m0/s1. The molecule has 2 aromatic rings. The SMILES string of the molecule is CCCCCCOC(c1ccccc1)c1cn([C@@H]2CC(O)[C@H](CO)O2)c(=O)[nH]c1=O. The normalized spacial score (nSPS) is 22.3. The van der Waals surface area contributed by atoms with E-state index in [-0.39, 0.29) is 13.0 Å². The maximum Gasteiger partial charge on any atom is 0.330 e. The van der Waals surface area contributed by atoms with E-state index in [9.17, 15) is 19.8 Å². The van der Waals surface area contributed by atoms with Gasteiger partial charge in [-0.3, -0.25) is 14.3 Å². The molecule has 4 atom stereocenters. The number of unbranched alkanes of at least 4 members (excludes halogenated alkanes) is 3. The summed E-state index contributed by atoms with van der Waals surface area (Å²) in [5.41, 5.74) is -0.0451. The first-order chi connectivity index (χ1) is 14.5. The number of nitrogens with one attached hydrogen (secondary N) is 1. The van der Waals surface area contributed by atoms with Crippen molar-refractivity contribution in [3.8, 4) is 0 Å². The molecule has 3 rings (SSSR count). The fourth-order valence-corrected chi connectivity index (χ4v) is 3.68. The van der Waals surface area contributed by atoms with Gasteiger partial charge in [0, 0.05) is 19.2 Å². The van der Waals surface area contributed by atoms with Crippen LogP contribution in [0.4, 0.5) is 0 Å². The predicted molar refractivity (Wildman–Crippen MR) is 111 cm³/mol. The van der Waals surface area contributed by atoms with Gasteiger partial charge in [0.1, 0.15) is 18.4 Å². The van der Waals surface area contributed by atoms with Crippen molar-refractivity contribution < 1.29 is 19.7 Å². The molecule has 0 spiro atoms. The van der Waals surface area contributed by atoms with E-state index in [0.29, 0.717) is 12.2 Å². The number of hydrogen-bond acceptors (Lipinski definition) is 6. The number of aromatic nitrogens is 2. The molecule has 1 aromatic carbocycles. The molecule has 30 heavy (non-hydrogen) atoms. The van der Waals surface area contributed by atoms with E-state index in [0.717, 1.165) is 31.2 Å². The van der Waals surface area contributed by atoms with Crippen LogP contribution in [0.25, 0.3) is 0 Å². The van der Waals surface area contributed by atoms with E-state index in [1.165, 1.54) is 10.8 Å². The summed E-state index contributed by atoms with van der Waals surface area (Å²) in [6.07, 6.45) is 2.69. The highest BCUT2D eigenvalue weighted by Crippen LogP contribution is 2.29. The van der Waals surface area contributed by atoms with Crippen LogP contribution < -0.4 is 11.2 Å². The molecule has 2 unspecified atom stereocenters. The number of rotatable bonds is 10. The van der Waals surface area contributed by atoms with Gasteiger partial charge in [0.15, 0.2) is 0 Å². The number of benzene rings is 1. The Labute approximate surface area is 175 Å². The smallest absolute Gasteiger partial charge is 0.330 e. The Morgan fingerprint density at radius 1 is 1.23 bits per heavy atom. The first-order valence-corrected chi connectivity index (χ1v) is 10.5. The Hall–Kier alpha value is -2.26. The Morgan fingerprint density at radius 2 is 2.00 bits per heavy atom. The zero-order valence-electron chi connectivity index (χ0n) is 17.2. The van der Waals surface area contributed by atoms with Crippen LogP contribution in [0.15, 0.2) is 46.1 Å². The second-order valence-corrected chi connectivity index (χ2v) is 7.59. The zero-order valence-corrected chi connectivity index (χ0v) is 17.2. The summed E-state index contributed by atoms with van der Waals surface area (Å²) in [6, 6.07) is 9.38. The molecule has 8 nitrogen and oxygen atoms in total. The molecule has 8 heteroatoms. The number of H-pyrrole nitrogens is 1. The minimum absolute atomic E-state index is 0.143. The molecular formula is C22H30N2O6. The number of aromatic amines is 1. The van der Waals surface area contributed by atoms with E-state index in [1.54, 1.807) is 0 Å². The lowest BCUT2D eigenvalue weighted by Gasteiger charge is -2.21. The van der Waals surface area contributed by atoms with E-state index < -0.39 is 35.8 Å². The van der Waals surface area contributed by atoms with Gasteiger partial charge in [0.2, 0.25) is 0 Å². The van der Waals surface area contributed by atoms with Gasteiger partial charge in [-0.25, -0.2) is 4.79 Å². The van der Waals surface area contributed by atoms with E-state index in [2.05, 4.69) is 11.9 Å². The highest BCUT2D eigenvalue weighted by Gasteiger charge is 2.35. The second-order valence-electron chi connectivity index (χ2n) is 7.59. The van der Waals surface area contributed by atoms with Crippen LogP contribution in [0.5, 0.6) is 0 Å². The molecule has 0 bridgehead atoms. The third-order valence-corrected chi connectivity index (χ3v) is 5.36. The van der Waals surface area contributed by atoms with Crippen LogP contribution in [0.3, 0.4) is 0 Å². The van der Waals surface area contributed by atoms with E-state index in [4.69, 9.17) is 9.47 Å². The molecule has 0 saturated carbocycles. The van der Waals surface area contributed by atoms with E-state index >= 15 is 0 Å². The van der Waals surface area contributed by atoms with Crippen LogP contribution in [-0.4, -0.2) is 45.2 Å². The van der Waals surface area contributed by atoms with Crippen molar-refractivity contribution in [3.63, 3.8) is 0 Å². The summed E-state index contributed by atoms with van der Waals surface area (Å²) in [6.45, 7) is 2.28. The molecule has 1 aliphatic rings. The zero-order chi connectivity index (χ0) is 21.5. The number of hydrogen-bond donors (Lipinski definition) is 3. The lowest BCUT2D eigenvalue weighted by molar-refractivity contribution is -0.0462. The number of ether oxygens (including phenoxy) is 2. The van der Waals surface area contributed by atoms with Crippen molar-refractivity contribution in [1.82, 2.24) is 9.55 Å². The lowest BCUT2D eigenvalue weighted by atomic mass is 10.0. The number of nitrogens with zero attached hydrogens (tertiary/aromatic N) is 1. The summed E-state index contributed by atoms with van der Waals surface area (Å²) in [7, 11) is 0. The molecule has 1 saturated heterocycles. The Kier molecular flexibility index (Phi) is 7.98. The maximum absolute atomic E-state index is 12.7. The van der Waals surface area contributed by atoms with E-state index in [1.807, 2.05) is 30.3 Å². The Bertz CT molecular complexity index is 910. The van der Waals surface area contributed by atoms with Crippen molar-refractivity contribution >= 4 is 0 Å². The van der Waals surface area contributed by atoms with Crippen molar-refractivity contribution in [2.24, 2.45) is 0 Å². The van der Waals surface area contributed by atoms with Crippen LogP contribution >= 0.6 is 0 Å². The Morgan fingerprint density at radius 3 is 2.67 bits per heavy atom. The van der Waals surface area contributed by atoms with Gasteiger partial charge in [-0.05, 0) is 12.0 Å². The molecule has 0 amide bonds. The van der Waals surface area contributed by atoms with Crippen molar-refractivity contribution in [2.75, 3.05) is 13.2 Å². The Balaban J connectivity index is 1.91. The highest BCUT2D eigenvalue weighted by molar-refractivity contribution is 5.27. The average Bonchev–Trinajstić information content (AvgIpc) is 3.12. The number of aliphatic hydroxyl groups excluding tert-OH is 2. The summed E-state index contributed by atoms with van der Waals surface area (Å²) in [5.74, 6) is 0. The van der Waals surface area contributed by atoms with Crippen LogP contribution in [0, 0.1) is 0 Å². The summed E-state index contributed by atoms with van der Waals surface area (Å²) >= 11 is 0. The van der Waals surface area contributed by atoms with Gasteiger partial charge >= 0.3 is 5.69 Å². The molecule has 164 valence electrons. The molecule has 1 aromatic heterocycles. The fourth-order valence-electron chi connectivity index (χ4n) is 3.68. The minimum atomic E-state index is -0.887. The van der Waals surface area contributed by atoms with Crippen LogP contribution in [-0.2, 0) is 9.47 Å². The fraction of sp³-hybridized carbons (Fsp3) is 0.545. The molecule has 1 aliphatic heterocycles. The maximum atomic E-state index is 12.7. The van der Waals surface area contributed by atoms with Crippen molar-refractivity contribution in [1.29, 1.82) is 0 Å². The minimum Gasteiger partial charge on any atom is -0.394 e. The van der Waals surface area contributed by atoms with Gasteiger partial charge in [-0.15, -0.1) is 0 Å². The molecular weight excluding hydrogens is 388 g/mol. The highest BCUT2D eigenvalue weighted by atomic mass is 16.5. The average molecular weight is 418 g/mol. The monoisotopic (exact) mass is 418 g/mol. The topological polar surface area (TPSA) is 114 Å². The molecule has 2 heterocycles. The second kappa shape index (κ2) is 10.7. The summed E-state index contributed by atoms with van der Waals surface area (Å²) in [4.78, 5) is 27.4. The molecule has 1 fully saturated rings. The van der Waals surface area contributed by atoms with Gasteiger partial charge in [-0.1, -0.05) is 56.5 Å². The molecule has 3 N–H and O–H groups in total. The number of aliphatic hydroxyl groups is 2. The largest absolute Gasteiger partial charge is 0.394 e. The summed E-state index contributed by atoms with van der Waals surface area (Å²) in [5, 5.41) is 19.3. The predicted octanol–water partition coefficient (Wildman–Crippen LogP) is 1.86. The van der Waals surface area contributed by atoms with Gasteiger partial charge in [0.25, 0.3) is 5.56 Å². The molecule has 0 aliphatic carbocycles. The van der Waals surface area contributed by atoms with Crippen LogP contribution in [0.1, 0.15) is 62.5 Å². The molecule has 0 radical (unpaired) electrons. The van der Waals surface area contributed by atoms with Crippen LogP contribution in [0.2, 0.25) is 0 Å². The third kappa shape index (κ3) is 5.26. The summed E-state index contributed by atoms with van der Waals surface area (Å²) < 4.78 is 12.9. The quantitative estimate of drug-likeness (QED) is 0.508. The first-order valence-electron chi connectivity index (χ1n) is 10.5. The van der Waals surface area contributed by atoms with Gasteiger partial charge < -0.3 is 19.7 Å². The van der Waals surface area contributed by atoms with Gasteiger partial charge in [-0.2, -0.15) is 0 Å². The first kappa shape index (κ1) is 22.4. The lowest BCUT2D eigenvalue weighted by Crippen LogP contribution is -2.35. The van der Waals surface area contributed by atoms with Gasteiger partial charge in [0.05, 0.1) is 18.3 Å².